The van der Waals surface area contributed by atoms with Crippen LogP contribution in [-0.2, 0) is 9.59 Å². The average molecular weight is 278 g/mol. The van der Waals surface area contributed by atoms with Crippen molar-refractivity contribution in [1.82, 2.24) is 5.32 Å². The number of nitrogens with one attached hydrogen (secondary N) is 1. The van der Waals surface area contributed by atoms with Crippen LogP contribution in [-0.4, -0.2) is 28.9 Å². The minimum atomic E-state index is -1.19. The summed E-state index contributed by atoms with van der Waals surface area (Å²) in [5.41, 5.74) is 7.15. The second-order valence-electron chi connectivity index (χ2n) is 4.62. The molecule has 0 fully saturated rings. The molecular formula is C14H18N2O4. The zero-order valence-electron chi connectivity index (χ0n) is 11.5. The molecule has 0 heterocycles. The van der Waals surface area contributed by atoms with E-state index in [-0.39, 0.29) is 12.8 Å². The lowest BCUT2D eigenvalue weighted by atomic mass is 10.0. The normalized spacial score (nSPS) is 11.7. The number of amides is 2. The first-order valence-electron chi connectivity index (χ1n) is 6.21. The van der Waals surface area contributed by atoms with Gasteiger partial charge in [0.2, 0.25) is 5.91 Å². The molecule has 0 aromatic heterocycles. The van der Waals surface area contributed by atoms with E-state index in [1.54, 1.807) is 19.1 Å². The molecule has 1 rings (SSSR count). The Bertz CT molecular complexity index is 540. The molecule has 0 aliphatic carbocycles. The van der Waals surface area contributed by atoms with Gasteiger partial charge in [0.25, 0.3) is 5.91 Å². The largest absolute Gasteiger partial charge is 0.480 e. The minimum absolute atomic E-state index is 0.0265. The number of rotatable bonds is 6. The van der Waals surface area contributed by atoms with Crippen LogP contribution in [0.25, 0.3) is 0 Å². The zero-order valence-corrected chi connectivity index (χ0v) is 11.5. The Labute approximate surface area is 117 Å². The van der Waals surface area contributed by atoms with E-state index in [0.29, 0.717) is 5.56 Å². The van der Waals surface area contributed by atoms with E-state index in [1.807, 2.05) is 13.0 Å². The van der Waals surface area contributed by atoms with E-state index in [0.717, 1.165) is 11.1 Å². The fraction of sp³-hybridized carbons (Fsp3) is 0.357. The SMILES string of the molecule is Cc1cccc(C(=O)NC(CCC(N)=O)C(=O)O)c1C. The Morgan fingerprint density at radius 2 is 1.95 bits per heavy atom. The maximum absolute atomic E-state index is 12.1. The lowest BCUT2D eigenvalue weighted by Gasteiger charge is -2.15. The predicted molar refractivity (Wildman–Crippen MR) is 73.2 cm³/mol. The molecule has 0 spiro atoms. The zero-order chi connectivity index (χ0) is 15.3. The van der Waals surface area contributed by atoms with Crippen molar-refractivity contribution in [3.8, 4) is 0 Å². The molecule has 6 nitrogen and oxygen atoms in total. The number of aryl methyl sites for hydroxylation is 1. The molecule has 0 bridgehead atoms. The summed E-state index contributed by atoms with van der Waals surface area (Å²) in [4.78, 5) is 33.8. The Morgan fingerprint density at radius 1 is 1.30 bits per heavy atom. The molecule has 4 N–H and O–H groups in total. The second-order valence-corrected chi connectivity index (χ2v) is 4.62. The van der Waals surface area contributed by atoms with E-state index in [1.165, 1.54) is 0 Å². The molecule has 108 valence electrons. The third kappa shape index (κ3) is 4.08. The number of carbonyl (C=O) groups excluding carboxylic acids is 2. The minimum Gasteiger partial charge on any atom is -0.480 e. The Hall–Kier alpha value is -2.37. The van der Waals surface area contributed by atoms with Crippen molar-refractivity contribution in [3.05, 3.63) is 34.9 Å². The smallest absolute Gasteiger partial charge is 0.326 e. The number of hydrogen-bond acceptors (Lipinski definition) is 3. The molecule has 1 aromatic carbocycles. The summed E-state index contributed by atoms with van der Waals surface area (Å²) >= 11 is 0. The van der Waals surface area contributed by atoms with Crippen LogP contribution in [0.1, 0.15) is 34.3 Å². The van der Waals surface area contributed by atoms with Gasteiger partial charge < -0.3 is 16.2 Å². The van der Waals surface area contributed by atoms with Gasteiger partial charge in [0.05, 0.1) is 0 Å². The molecule has 1 aromatic rings. The molecule has 6 heteroatoms. The predicted octanol–water partition coefficient (Wildman–Crippen LogP) is 0.752. The molecule has 0 saturated carbocycles. The highest BCUT2D eigenvalue weighted by Gasteiger charge is 2.22. The number of benzene rings is 1. The van der Waals surface area contributed by atoms with E-state index >= 15 is 0 Å². The quantitative estimate of drug-likeness (QED) is 0.713. The summed E-state index contributed by atoms with van der Waals surface area (Å²) in [6.45, 7) is 3.66. The number of carbonyl (C=O) groups is 3. The summed E-state index contributed by atoms with van der Waals surface area (Å²) in [6, 6.07) is 4.10. The molecule has 0 radical (unpaired) electrons. The number of aliphatic carboxylic acids is 1. The van der Waals surface area contributed by atoms with Crippen molar-refractivity contribution in [2.45, 2.75) is 32.7 Å². The van der Waals surface area contributed by atoms with Gasteiger partial charge in [0, 0.05) is 12.0 Å². The van der Waals surface area contributed by atoms with Gasteiger partial charge in [-0.05, 0) is 37.5 Å². The number of hydrogen-bond donors (Lipinski definition) is 3. The molecule has 2 amide bonds. The van der Waals surface area contributed by atoms with Gasteiger partial charge in [-0.2, -0.15) is 0 Å². The van der Waals surface area contributed by atoms with Gasteiger partial charge in [0.1, 0.15) is 6.04 Å². The third-order valence-corrected chi connectivity index (χ3v) is 3.13. The van der Waals surface area contributed by atoms with E-state index in [2.05, 4.69) is 5.32 Å². The monoisotopic (exact) mass is 278 g/mol. The van der Waals surface area contributed by atoms with Crippen molar-refractivity contribution in [3.63, 3.8) is 0 Å². The maximum atomic E-state index is 12.1. The van der Waals surface area contributed by atoms with Crippen LogP contribution in [0.5, 0.6) is 0 Å². The summed E-state index contributed by atoms with van der Waals surface area (Å²) in [6.07, 6.45) is -0.120. The molecule has 20 heavy (non-hydrogen) atoms. The Kier molecular flexibility index (Phi) is 5.25. The Balaban J connectivity index is 2.83. The van der Waals surface area contributed by atoms with Gasteiger partial charge in [-0.3, -0.25) is 9.59 Å². The number of carboxylic acid groups (broad SMARTS) is 1. The van der Waals surface area contributed by atoms with Crippen LogP contribution in [0.4, 0.5) is 0 Å². The molecule has 0 aliphatic rings. The highest BCUT2D eigenvalue weighted by molar-refractivity contribution is 5.98. The number of carboxylic acids is 1. The first-order valence-corrected chi connectivity index (χ1v) is 6.21. The van der Waals surface area contributed by atoms with E-state index in [9.17, 15) is 14.4 Å². The summed E-state index contributed by atoms with van der Waals surface area (Å²) in [5, 5.41) is 11.4. The van der Waals surface area contributed by atoms with Crippen molar-refractivity contribution in [1.29, 1.82) is 0 Å². The fourth-order valence-corrected chi connectivity index (χ4v) is 1.78. The summed E-state index contributed by atoms with van der Waals surface area (Å²) in [5.74, 6) is -2.26. The maximum Gasteiger partial charge on any atom is 0.326 e. The van der Waals surface area contributed by atoms with Gasteiger partial charge in [-0.1, -0.05) is 12.1 Å². The Morgan fingerprint density at radius 3 is 2.50 bits per heavy atom. The lowest BCUT2D eigenvalue weighted by Crippen LogP contribution is -2.41. The summed E-state index contributed by atoms with van der Waals surface area (Å²) < 4.78 is 0. The van der Waals surface area contributed by atoms with E-state index in [4.69, 9.17) is 10.8 Å². The van der Waals surface area contributed by atoms with Crippen molar-refractivity contribution < 1.29 is 19.5 Å². The van der Waals surface area contributed by atoms with Crippen LogP contribution >= 0.6 is 0 Å². The molecule has 0 aliphatic heterocycles. The van der Waals surface area contributed by atoms with E-state index < -0.39 is 23.8 Å². The van der Waals surface area contributed by atoms with Crippen molar-refractivity contribution >= 4 is 17.8 Å². The average Bonchev–Trinajstić information content (AvgIpc) is 2.36. The number of primary amides is 1. The highest BCUT2D eigenvalue weighted by atomic mass is 16.4. The first-order chi connectivity index (χ1) is 9.32. The molecule has 0 saturated heterocycles. The fourth-order valence-electron chi connectivity index (χ4n) is 1.78. The molecule has 1 unspecified atom stereocenters. The molecule has 1 atom stereocenters. The standard InChI is InChI=1S/C14H18N2O4/c1-8-4-3-5-10(9(8)2)13(18)16-11(14(19)20)6-7-12(15)17/h3-5,11H,6-7H2,1-2H3,(H2,15,17)(H,16,18)(H,19,20). The lowest BCUT2D eigenvalue weighted by molar-refractivity contribution is -0.139. The van der Waals surface area contributed by atoms with Gasteiger partial charge >= 0.3 is 5.97 Å². The van der Waals surface area contributed by atoms with Crippen LogP contribution in [0.3, 0.4) is 0 Å². The topological polar surface area (TPSA) is 109 Å². The van der Waals surface area contributed by atoms with Gasteiger partial charge in [-0.15, -0.1) is 0 Å². The second kappa shape index (κ2) is 6.70. The highest BCUT2D eigenvalue weighted by Crippen LogP contribution is 2.13. The number of nitrogens with two attached hydrogens (primary N) is 1. The van der Waals surface area contributed by atoms with Crippen LogP contribution in [0, 0.1) is 13.8 Å². The van der Waals surface area contributed by atoms with Crippen LogP contribution in [0.2, 0.25) is 0 Å². The van der Waals surface area contributed by atoms with Gasteiger partial charge in [0.15, 0.2) is 0 Å². The molecular weight excluding hydrogens is 260 g/mol. The van der Waals surface area contributed by atoms with Crippen LogP contribution in [0.15, 0.2) is 18.2 Å². The first kappa shape index (κ1) is 15.7. The van der Waals surface area contributed by atoms with Crippen molar-refractivity contribution in [2.75, 3.05) is 0 Å². The van der Waals surface area contributed by atoms with Crippen molar-refractivity contribution in [2.24, 2.45) is 5.73 Å². The summed E-state index contributed by atoms with van der Waals surface area (Å²) in [7, 11) is 0. The van der Waals surface area contributed by atoms with Gasteiger partial charge in [-0.25, -0.2) is 4.79 Å². The third-order valence-electron chi connectivity index (χ3n) is 3.13. The van der Waals surface area contributed by atoms with Crippen LogP contribution < -0.4 is 11.1 Å².